The highest BCUT2D eigenvalue weighted by molar-refractivity contribution is 4.93. The summed E-state index contributed by atoms with van der Waals surface area (Å²) >= 11 is 0. The van der Waals surface area contributed by atoms with Crippen molar-refractivity contribution in [1.82, 2.24) is 5.32 Å². The van der Waals surface area contributed by atoms with Gasteiger partial charge in [0.25, 0.3) is 0 Å². The van der Waals surface area contributed by atoms with Crippen LogP contribution in [0.1, 0.15) is 33.6 Å². The summed E-state index contributed by atoms with van der Waals surface area (Å²) in [6, 6.07) is 0. The fraction of sp³-hybridized carbons (Fsp3) is 1.00. The smallest absolute Gasteiger partial charge is 0.0805 e. The van der Waals surface area contributed by atoms with E-state index in [4.69, 9.17) is 4.74 Å². The van der Waals surface area contributed by atoms with Gasteiger partial charge in [-0.3, -0.25) is 0 Å². The molecule has 0 amide bonds. The fourth-order valence-corrected chi connectivity index (χ4v) is 1.96. The Balaban J connectivity index is 1.97. The van der Waals surface area contributed by atoms with Crippen molar-refractivity contribution in [3.8, 4) is 0 Å². The summed E-state index contributed by atoms with van der Waals surface area (Å²) in [5, 5.41) is 3.50. The maximum atomic E-state index is 6.20. The first-order valence-electron chi connectivity index (χ1n) is 5.50. The number of hydrogen-bond acceptors (Lipinski definition) is 2. The van der Waals surface area contributed by atoms with Gasteiger partial charge < -0.3 is 10.1 Å². The first kappa shape index (κ1) is 9.47. The number of morpholine rings is 1. The molecule has 2 heteroatoms. The van der Waals surface area contributed by atoms with Crippen molar-refractivity contribution in [2.45, 2.75) is 45.3 Å². The van der Waals surface area contributed by atoms with Gasteiger partial charge in [0.15, 0.2) is 0 Å². The molecule has 0 aromatic heterocycles. The van der Waals surface area contributed by atoms with Gasteiger partial charge in [-0.2, -0.15) is 0 Å². The van der Waals surface area contributed by atoms with Crippen molar-refractivity contribution in [1.29, 1.82) is 0 Å². The largest absolute Gasteiger partial charge is 0.369 e. The highest BCUT2D eigenvalue weighted by Gasteiger charge is 2.41. The lowest BCUT2D eigenvalue weighted by atomic mass is 9.90. The standard InChI is InChI=1S/C11H21NO/c1-8(2)11(3)7-12-6-10(13-11)9-4-5-9/h8-10,12H,4-7H2,1-3H3. The molecule has 0 bridgehead atoms. The molecule has 1 saturated carbocycles. The Morgan fingerprint density at radius 3 is 2.62 bits per heavy atom. The molecule has 76 valence electrons. The van der Waals surface area contributed by atoms with Crippen molar-refractivity contribution in [3.63, 3.8) is 0 Å². The summed E-state index contributed by atoms with van der Waals surface area (Å²) in [5.74, 6) is 1.45. The van der Waals surface area contributed by atoms with E-state index in [2.05, 4.69) is 26.1 Å². The minimum Gasteiger partial charge on any atom is -0.369 e. The molecule has 2 nitrogen and oxygen atoms in total. The average molecular weight is 183 g/mol. The minimum absolute atomic E-state index is 0.0610. The van der Waals surface area contributed by atoms with E-state index in [1.54, 1.807) is 0 Å². The van der Waals surface area contributed by atoms with Crippen molar-refractivity contribution in [3.05, 3.63) is 0 Å². The molecule has 0 aromatic carbocycles. The van der Waals surface area contributed by atoms with Crippen molar-refractivity contribution < 1.29 is 4.74 Å². The zero-order valence-corrected chi connectivity index (χ0v) is 8.97. The normalized spacial score (nSPS) is 41.1. The molecule has 1 heterocycles. The zero-order valence-electron chi connectivity index (χ0n) is 8.97. The predicted molar refractivity (Wildman–Crippen MR) is 53.7 cm³/mol. The Bertz CT molecular complexity index is 189. The molecule has 2 unspecified atom stereocenters. The van der Waals surface area contributed by atoms with Crippen molar-refractivity contribution in [2.75, 3.05) is 13.1 Å². The van der Waals surface area contributed by atoms with Crippen LogP contribution in [0.5, 0.6) is 0 Å². The average Bonchev–Trinajstić information content (AvgIpc) is 2.86. The van der Waals surface area contributed by atoms with Crippen LogP contribution in [0.4, 0.5) is 0 Å². The second kappa shape index (κ2) is 3.25. The lowest BCUT2D eigenvalue weighted by molar-refractivity contribution is -0.136. The van der Waals surface area contributed by atoms with Crippen LogP contribution in [0.25, 0.3) is 0 Å². The van der Waals surface area contributed by atoms with E-state index in [1.165, 1.54) is 12.8 Å². The van der Waals surface area contributed by atoms with Crippen LogP contribution in [0.3, 0.4) is 0 Å². The first-order valence-corrected chi connectivity index (χ1v) is 5.50. The molecule has 2 aliphatic rings. The van der Waals surface area contributed by atoms with Crippen LogP contribution in [0, 0.1) is 11.8 Å². The van der Waals surface area contributed by atoms with Crippen LogP contribution in [-0.2, 0) is 4.74 Å². The van der Waals surface area contributed by atoms with E-state index < -0.39 is 0 Å². The summed E-state index contributed by atoms with van der Waals surface area (Å²) in [6.45, 7) is 8.80. The van der Waals surface area contributed by atoms with Gasteiger partial charge in [-0.05, 0) is 31.6 Å². The maximum Gasteiger partial charge on any atom is 0.0805 e. The fourth-order valence-electron chi connectivity index (χ4n) is 1.96. The number of nitrogens with one attached hydrogen (secondary N) is 1. The molecular weight excluding hydrogens is 162 g/mol. The van der Waals surface area contributed by atoms with E-state index in [-0.39, 0.29) is 5.60 Å². The van der Waals surface area contributed by atoms with Gasteiger partial charge in [-0.1, -0.05) is 13.8 Å². The molecule has 2 fully saturated rings. The van der Waals surface area contributed by atoms with E-state index in [1.807, 2.05) is 0 Å². The van der Waals surface area contributed by atoms with Gasteiger partial charge in [0.05, 0.1) is 11.7 Å². The Labute approximate surface area is 81.0 Å². The highest BCUT2D eigenvalue weighted by atomic mass is 16.5. The summed E-state index contributed by atoms with van der Waals surface area (Å²) < 4.78 is 6.20. The number of ether oxygens (including phenoxy) is 1. The summed E-state index contributed by atoms with van der Waals surface area (Å²) in [4.78, 5) is 0. The van der Waals surface area contributed by atoms with Gasteiger partial charge in [0.2, 0.25) is 0 Å². The second-order valence-corrected chi connectivity index (χ2v) is 5.09. The Hall–Kier alpha value is -0.0800. The monoisotopic (exact) mass is 183 g/mol. The van der Waals surface area contributed by atoms with Gasteiger partial charge in [0, 0.05) is 13.1 Å². The molecule has 2 rings (SSSR count). The lowest BCUT2D eigenvalue weighted by Gasteiger charge is -2.42. The van der Waals surface area contributed by atoms with Crippen molar-refractivity contribution >= 4 is 0 Å². The number of hydrogen-bond donors (Lipinski definition) is 1. The topological polar surface area (TPSA) is 21.3 Å². The molecule has 13 heavy (non-hydrogen) atoms. The van der Waals surface area contributed by atoms with E-state index >= 15 is 0 Å². The highest BCUT2D eigenvalue weighted by Crippen LogP contribution is 2.38. The quantitative estimate of drug-likeness (QED) is 0.705. The zero-order chi connectivity index (χ0) is 9.47. The molecule has 1 N–H and O–H groups in total. The first-order chi connectivity index (χ1) is 6.12. The molecule has 0 aromatic rings. The van der Waals surface area contributed by atoms with Crippen LogP contribution >= 0.6 is 0 Å². The molecular formula is C11H21NO. The Kier molecular flexibility index (Phi) is 2.37. The maximum absolute atomic E-state index is 6.20. The predicted octanol–water partition coefficient (Wildman–Crippen LogP) is 1.80. The third kappa shape index (κ3) is 1.89. The van der Waals surface area contributed by atoms with E-state index in [0.29, 0.717) is 12.0 Å². The third-order valence-corrected chi connectivity index (χ3v) is 3.61. The van der Waals surface area contributed by atoms with Gasteiger partial charge >= 0.3 is 0 Å². The Morgan fingerprint density at radius 1 is 1.38 bits per heavy atom. The Morgan fingerprint density at radius 2 is 2.08 bits per heavy atom. The van der Waals surface area contributed by atoms with Gasteiger partial charge in [0.1, 0.15) is 0 Å². The molecule has 0 radical (unpaired) electrons. The minimum atomic E-state index is 0.0610. The van der Waals surface area contributed by atoms with Gasteiger partial charge in [-0.15, -0.1) is 0 Å². The van der Waals surface area contributed by atoms with Crippen LogP contribution in [-0.4, -0.2) is 24.8 Å². The van der Waals surface area contributed by atoms with Crippen molar-refractivity contribution in [2.24, 2.45) is 11.8 Å². The van der Waals surface area contributed by atoms with E-state index in [0.717, 1.165) is 19.0 Å². The third-order valence-electron chi connectivity index (χ3n) is 3.61. The summed E-state index contributed by atoms with van der Waals surface area (Å²) in [5.41, 5.74) is 0.0610. The molecule has 1 saturated heterocycles. The van der Waals surface area contributed by atoms with Crippen LogP contribution in [0.15, 0.2) is 0 Å². The summed E-state index contributed by atoms with van der Waals surface area (Å²) in [7, 11) is 0. The molecule has 1 aliphatic heterocycles. The number of rotatable bonds is 2. The van der Waals surface area contributed by atoms with Crippen LogP contribution in [0.2, 0.25) is 0 Å². The van der Waals surface area contributed by atoms with Crippen LogP contribution < -0.4 is 5.32 Å². The molecule has 2 atom stereocenters. The molecule has 1 aliphatic carbocycles. The SMILES string of the molecule is CC(C)C1(C)CNCC(C2CC2)O1. The second-order valence-electron chi connectivity index (χ2n) is 5.09. The summed E-state index contributed by atoms with van der Waals surface area (Å²) in [6.07, 6.45) is 3.24. The van der Waals surface area contributed by atoms with E-state index in [9.17, 15) is 0 Å². The molecule has 0 spiro atoms. The van der Waals surface area contributed by atoms with Gasteiger partial charge in [-0.25, -0.2) is 0 Å². The lowest BCUT2D eigenvalue weighted by Crippen LogP contribution is -2.55.